The summed E-state index contributed by atoms with van der Waals surface area (Å²) >= 11 is 0. The van der Waals surface area contributed by atoms with Crippen LogP contribution in [-0.2, 0) is 20.7 Å². The van der Waals surface area contributed by atoms with Crippen molar-refractivity contribution < 1.29 is 19.0 Å². The van der Waals surface area contributed by atoms with Gasteiger partial charge in [0.05, 0.1) is 6.61 Å². The molecule has 0 aliphatic heterocycles. The highest BCUT2D eigenvalue weighted by molar-refractivity contribution is 5.81. The molecule has 0 aliphatic carbocycles. The fraction of sp³-hybridized carbons (Fsp3) is 0.696. The van der Waals surface area contributed by atoms with Crippen molar-refractivity contribution in [2.45, 2.75) is 52.9 Å². The summed E-state index contributed by atoms with van der Waals surface area (Å²) in [6, 6.07) is 8.42. The van der Waals surface area contributed by atoms with Crippen LogP contribution in [0.1, 0.15) is 52.0 Å². The number of benzene rings is 1. The zero-order chi connectivity index (χ0) is 20.5. The fourth-order valence-electron chi connectivity index (χ4n) is 2.56. The predicted octanol–water partition coefficient (Wildman–Crippen LogP) is 4.04. The van der Waals surface area contributed by atoms with E-state index < -0.39 is 0 Å². The first kappa shape index (κ1) is 24.6. The smallest absolute Gasteiger partial charge is 0.160 e. The van der Waals surface area contributed by atoms with Gasteiger partial charge >= 0.3 is 0 Å². The summed E-state index contributed by atoms with van der Waals surface area (Å²) in [6.07, 6.45) is 5.22. The van der Waals surface area contributed by atoms with Crippen LogP contribution in [0, 0.1) is 5.92 Å². The lowest BCUT2D eigenvalue weighted by Crippen LogP contribution is -2.15. The molecule has 28 heavy (non-hydrogen) atoms. The van der Waals surface area contributed by atoms with Gasteiger partial charge in [0.25, 0.3) is 0 Å². The molecule has 0 spiro atoms. The van der Waals surface area contributed by atoms with Crippen LogP contribution in [0.25, 0.3) is 0 Å². The highest BCUT2D eigenvalue weighted by Gasteiger charge is 2.06. The van der Waals surface area contributed by atoms with Gasteiger partial charge in [-0.25, -0.2) is 0 Å². The topological polar surface area (TPSA) is 56.8 Å². The molecular weight excluding hydrogens is 354 g/mol. The van der Waals surface area contributed by atoms with Crippen LogP contribution in [-0.4, -0.2) is 51.9 Å². The number of ether oxygens (including phenoxy) is 3. The Labute approximate surface area is 171 Å². The molecule has 160 valence electrons. The minimum Gasteiger partial charge on any atom is -0.494 e. The van der Waals surface area contributed by atoms with E-state index in [4.69, 9.17) is 14.2 Å². The maximum absolute atomic E-state index is 11.4. The van der Waals surface area contributed by atoms with Gasteiger partial charge in [0, 0.05) is 32.2 Å². The highest BCUT2D eigenvalue weighted by Crippen LogP contribution is 2.14. The van der Waals surface area contributed by atoms with Crippen molar-refractivity contribution in [3.8, 4) is 5.75 Å². The van der Waals surface area contributed by atoms with Gasteiger partial charge < -0.3 is 19.5 Å². The largest absolute Gasteiger partial charge is 0.494 e. The second-order valence-corrected chi connectivity index (χ2v) is 7.30. The van der Waals surface area contributed by atoms with Crippen LogP contribution in [0.2, 0.25) is 0 Å². The lowest BCUT2D eigenvalue weighted by Gasteiger charge is -2.09. The summed E-state index contributed by atoms with van der Waals surface area (Å²) in [4.78, 5) is 11.4. The Morgan fingerprint density at radius 3 is 2.29 bits per heavy atom. The highest BCUT2D eigenvalue weighted by atomic mass is 16.5. The summed E-state index contributed by atoms with van der Waals surface area (Å²) in [6.45, 7) is 10.8. The molecule has 0 radical (unpaired) electrons. The quantitative estimate of drug-likeness (QED) is 0.382. The van der Waals surface area contributed by atoms with Crippen LogP contribution in [0.5, 0.6) is 5.75 Å². The average molecular weight is 394 g/mol. The van der Waals surface area contributed by atoms with Crippen LogP contribution < -0.4 is 10.1 Å². The van der Waals surface area contributed by atoms with Gasteiger partial charge in [-0.1, -0.05) is 32.9 Å². The molecule has 0 saturated heterocycles. The molecule has 0 heterocycles. The van der Waals surface area contributed by atoms with E-state index in [1.165, 1.54) is 18.4 Å². The number of hydrogen-bond donors (Lipinski definition) is 1. The first-order valence-corrected chi connectivity index (χ1v) is 10.7. The van der Waals surface area contributed by atoms with Crippen LogP contribution in [0.4, 0.5) is 0 Å². The lowest BCUT2D eigenvalue weighted by molar-refractivity contribution is -0.126. The molecule has 5 heteroatoms. The van der Waals surface area contributed by atoms with E-state index in [9.17, 15) is 4.79 Å². The van der Waals surface area contributed by atoms with Gasteiger partial charge in [0.2, 0.25) is 0 Å². The first-order valence-electron chi connectivity index (χ1n) is 10.7. The maximum atomic E-state index is 11.4. The molecule has 1 aromatic carbocycles. The summed E-state index contributed by atoms with van der Waals surface area (Å²) in [5.74, 6) is 1.11. The zero-order valence-corrected chi connectivity index (χ0v) is 18.0. The average Bonchev–Trinajstić information content (AvgIpc) is 2.70. The van der Waals surface area contributed by atoms with Crippen LogP contribution >= 0.6 is 0 Å². The van der Waals surface area contributed by atoms with E-state index in [2.05, 4.69) is 36.5 Å². The second kappa shape index (κ2) is 16.5. The molecule has 1 rings (SSSR count). The Hall–Kier alpha value is -1.43. The Kier molecular flexibility index (Phi) is 14.5. The zero-order valence-electron chi connectivity index (χ0n) is 18.0. The number of Topliss-reactive ketones (excluding diaryl/α,β-unsaturated/α-hetero) is 1. The van der Waals surface area contributed by atoms with E-state index in [1.54, 1.807) is 0 Å². The van der Waals surface area contributed by atoms with Gasteiger partial charge in [-0.05, 0) is 56.5 Å². The Balaban J connectivity index is 1.95. The number of carbonyl (C=O) groups is 1. The molecule has 0 unspecified atom stereocenters. The van der Waals surface area contributed by atoms with E-state index in [0.29, 0.717) is 26.4 Å². The SMILES string of the molecule is CCNCCCCc1ccc(OCCCOCCCOCC(=O)C(C)C)cc1. The van der Waals surface area contributed by atoms with Crippen molar-refractivity contribution in [1.82, 2.24) is 5.32 Å². The molecule has 0 aliphatic rings. The maximum Gasteiger partial charge on any atom is 0.160 e. The van der Waals surface area contributed by atoms with Crippen molar-refractivity contribution in [2.75, 3.05) is 46.1 Å². The molecule has 0 bridgehead atoms. The standard InChI is InChI=1S/C23H39NO4/c1-4-24-14-6-5-9-21-10-12-22(13-11-21)28-18-8-16-26-15-7-17-27-19-23(25)20(2)3/h10-13,20,24H,4-9,14-19H2,1-3H3. The Morgan fingerprint density at radius 1 is 0.929 bits per heavy atom. The number of hydrogen-bond acceptors (Lipinski definition) is 5. The van der Waals surface area contributed by atoms with Gasteiger partial charge in [0.1, 0.15) is 12.4 Å². The van der Waals surface area contributed by atoms with Crippen LogP contribution in [0.3, 0.4) is 0 Å². The summed E-state index contributed by atoms with van der Waals surface area (Å²) < 4.78 is 16.7. The third kappa shape index (κ3) is 12.9. The number of aryl methyl sites for hydroxylation is 1. The minimum atomic E-state index is 0.0422. The predicted molar refractivity (Wildman–Crippen MR) is 114 cm³/mol. The number of nitrogens with one attached hydrogen (secondary N) is 1. The Morgan fingerprint density at radius 2 is 1.61 bits per heavy atom. The monoisotopic (exact) mass is 393 g/mol. The number of rotatable bonds is 18. The third-order valence-electron chi connectivity index (χ3n) is 4.41. The third-order valence-corrected chi connectivity index (χ3v) is 4.41. The van der Waals surface area contributed by atoms with E-state index in [-0.39, 0.29) is 18.3 Å². The second-order valence-electron chi connectivity index (χ2n) is 7.30. The number of ketones is 1. The molecular formula is C23H39NO4. The summed E-state index contributed by atoms with van der Waals surface area (Å²) in [5.41, 5.74) is 1.37. The van der Waals surface area contributed by atoms with E-state index >= 15 is 0 Å². The molecule has 0 saturated carbocycles. The molecule has 0 fully saturated rings. The van der Waals surface area contributed by atoms with Crippen molar-refractivity contribution in [1.29, 1.82) is 0 Å². The van der Waals surface area contributed by atoms with Gasteiger partial charge in [-0.2, -0.15) is 0 Å². The van der Waals surface area contributed by atoms with Gasteiger partial charge in [-0.3, -0.25) is 4.79 Å². The molecule has 0 atom stereocenters. The van der Waals surface area contributed by atoms with Gasteiger partial charge in [0.15, 0.2) is 5.78 Å². The van der Waals surface area contributed by atoms with Crippen LogP contribution in [0.15, 0.2) is 24.3 Å². The number of carbonyl (C=O) groups excluding carboxylic acids is 1. The molecule has 1 N–H and O–H groups in total. The minimum absolute atomic E-state index is 0.0422. The lowest BCUT2D eigenvalue weighted by atomic mass is 10.1. The van der Waals surface area contributed by atoms with Crippen molar-refractivity contribution in [3.63, 3.8) is 0 Å². The van der Waals surface area contributed by atoms with Crippen molar-refractivity contribution in [3.05, 3.63) is 29.8 Å². The number of unbranched alkanes of at least 4 members (excludes halogenated alkanes) is 1. The van der Waals surface area contributed by atoms with Crippen molar-refractivity contribution in [2.24, 2.45) is 5.92 Å². The normalized spacial score (nSPS) is 11.1. The van der Waals surface area contributed by atoms with Gasteiger partial charge in [-0.15, -0.1) is 0 Å². The summed E-state index contributed by atoms with van der Waals surface area (Å²) in [7, 11) is 0. The summed E-state index contributed by atoms with van der Waals surface area (Å²) in [5, 5.41) is 3.35. The molecule has 5 nitrogen and oxygen atoms in total. The Bertz CT molecular complexity index is 502. The molecule has 0 aromatic heterocycles. The molecule has 1 aromatic rings. The van der Waals surface area contributed by atoms with E-state index in [1.807, 2.05) is 13.8 Å². The molecule has 0 amide bonds. The first-order chi connectivity index (χ1) is 13.6. The fourth-order valence-corrected chi connectivity index (χ4v) is 2.56. The van der Waals surface area contributed by atoms with Crippen molar-refractivity contribution >= 4 is 5.78 Å². The van der Waals surface area contributed by atoms with E-state index in [0.717, 1.165) is 38.1 Å².